The number of aromatic nitrogens is 3. The van der Waals surface area contributed by atoms with Gasteiger partial charge < -0.3 is 10.1 Å². The van der Waals surface area contributed by atoms with E-state index in [2.05, 4.69) is 20.5 Å². The first-order valence-corrected chi connectivity index (χ1v) is 7.72. The number of nitrogens with one attached hydrogen (secondary N) is 2. The Morgan fingerprint density at radius 3 is 2.43 bits per heavy atom. The average molecular weight is 349 g/mol. The van der Waals surface area contributed by atoms with Gasteiger partial charge in [-0.15, -0.1) is 0 Å². The number of hydrogen-bond acceptors (Lipinski definition) is 4. The molecule has 0 saturated heterocycles. The predicted octanol–water partition coefficient (Wildman–Crippen LogP) is 4.30. The molecule has 0 saturated carbocycles. The van der Waals surface area contributed by atoms with Gasteiger partial charge in [-0.2, -0.15) is 5.10 Å². The molecule has 0 spiro atoms. The number of rotatable bonds is 6. The number of anilines is 1. The van der Waals surface area contributed by atoms with Gasteiger partial charge in [0.15, 0.2) is 0 Å². The fourth-order valence-corrected chi connectivity index (χ4v) is 2.51. The fraction of sp³-hybridized carbons (Fsp3) is 0.125. The van der Waals surface area contributed by atoms with Crippen molar-refractivity contribution in [3.05, 3.63) is 70.0 Å². The summed E-state index contributed by atoms with van der Waals surface area (Å²) in [6.07, 6.45) is 1.46. The summed E-state index contributed by atoms with van der Waals surface area (Å²) in [6.45, 7) is 0.972. The summed E-state index contributed by atoms with van der Waals surface area (Å²) in [5.41, 5.74) is 1.89. The Morgan fingerprint density at radius 2 is 1.78 bits per heavy atom. The van der Waals surface area contributed by atoms with Gasteiger partial charge in [-0.3, -0.25) is 0 Å². The van der Waals surface area contributed by atoms with Gasteiger partial charge in [0.2, 0.25) is 5.95 Å². The Morgan fingerprint density at radius 1 is 1.04 bits per heavy atom. The lowest BCUT2D eigenvalue weighted by Crippen LogP contribution is -2.01. The predicted molar refractivity (Wildman–Crippen MR) is 90.9 cm³/mol. The lowest BCUT2D eigenvalue weighted by molar-refractivity contribution is 0.306. The van der Waals surface area contributed by atoms with E-state index in [4.69, 9.17) is 27.9 Å². The van der Waals surface area contributed by atoms with E-state index in [-0.39, 0.29) is 0 Å². The van der Waals surface area contributed by atoms with E-state index >= 15 is 0 Å². The van der Waals surface area contributed by atoms with Crippen molar-refractivity contribution in [2.45, 2.75) is 13.2 Å². The van der Waals surface area contributed by atoms with Crippen molar-refractivity contribution in [3.8, 4) is 5.75 Å². The zero-order valence-corrected chi connectivity index (χ0v) is 13.6. The van der Waals surface area contributed by atoms with E-state index in [0.717, 1.165) is 16.9 Å². The molecule has 7 heteroatoms. The second-order valence-electron chi connectivity index (χ2n) is 4.82. The topological polar surface area (TPSA) is 62.8 Å². The second-order valence-corrected chi connectivity index (χ2v) is 5.63. The van der Waals surface area contributed by atoms with Gasteiger partial charge in [0.25, 0.3) is 0 Å². The summed E-state index contributed by atoms with van der Waals surface area (Å²) >= 11 is 12.2. The molecule has 0 amide bonds. The van der Waals surface area contributed by atoms with Crippen molar-refractivity contribution in [3.63, 3.8) is 0 Å². The highest BCUT2D eigenvalue weighted by Crippen LogP contribution is 2.26. The van der Waals surface area contributed by atoms with Crippen molar-refractivity contribution < 1.29 is 4.74 Å². The summed E-state index contributed by atoms with van der Waals surface area (Å²) in [6, 6.07) is 13.2. The van der Waals surface area contributed by atoms with Crippen LogP contribution >= 0.6 is 23.2 Å². The van der Waals surface area contributed by atoms with E-state index in [1.165, 1.54) is 6.33 Å². The van der Waals surface area contributed by atoms with Crippen molar-refractivity contribution in [1.82, 2.24) is 15.2 Å². The summed E-state index contributed by atoms with van der Waals surface area (Å²) in [7, 11) is 0. The van der Waals surface area contributed by atoms with Crippen molar-refractivity contribution in [2.75, 3.05) is 5.32 Å². The quantitative estimate of drug-likeness (QED) is 0.696. The number of hydrogen-bond donors (Lipinski definition) is 2. The maximum absolute atomic E-state index is 6.12. The van der Waals surface area contributed by atoms with Crippen molar-refractivity contribution in [1.29, 1.82) is 0 Å². The van der Waals surface area contributed by atoms with Gasteiger partial charge in [-0.25, -0.2) is 10.1 Å². The molecule has 0 aliphatic rings. The third kappa shape index (κ3) is 4.15. The molecule has 0 radical (unpaired) electrons. The van der Waals surface area contributed by atoms with Gasteiger partial charge >= 0.3 is 0 Å². The molecule has 0 aliphatic carbocycles. The minimum atomic E-state index is 0.328. The molecular weight excluding hydrogens is 335 g/mol. The van der Waals surface area contributed by atoms with Crippen LogP contribution in [0.1, 0.15) is 11.1 Å². The fourth-order valence-electron chi connectivity index (χ4n) is 2.01. The Hall–Kier alpha value is -2.24. The number of halogens is 2. The van der Waals surface area contributed by atoms with Gasteiger partial charge in [0, 0.05) is 22.2 Å². The molecule has 0 unspecified atom stereocenters. The third-order valence-electron chi connectivity index (χ3n) is 3.24. The molecule has 0 fully saturated rings. The van der Waals surface area contributed by atoms with Crippen LogP contribution in [0.4, 0.5) is 5.95 Å². The maximum atomic E-state index is 6.12. The number of H-pyrrole nitrogens is 1. The zero-order chi connectivity index (χ0) is 16.1. The smallest absolute Gasteiger partial charge is 0.218 e. The molecule has 5 nitrogen and oxygen atoms in total. The van der Waals surface area contributed by atoms with E-state index < -0.39 is 0 Å². The van der Waals surface area contributed by atoms with Gasteiger partial charge in [-0.1, -0.05) is 41.4 Å². The first kappa shape index (κ1) is 15.6. The molecular formula is C16H14Cl2N4O. The monoisotopic (exact) mass is 348 g/mol. The zero-order valence-electron chi connectivity index (χ0n) is 12.1. The van der Waals surface area contributed by atoms with Crippen LogP contribution < -0.4 is 10.1 Å². The molecule has 1 heterocycles. The van der Waals surface area contributed by atoms with Gasteiger partial charge in [0.1, 0.15) is 18.7 Å². The molecule has 3 aromatic rings. The number of nitrogens with zero attached hydrogens (tertiary/aromatic N) is 2. The summed E-state index contributed by atoms with van der Waals surface area (Å²) in [5, 5.41) is 10.9. The lowest BCUT2D eigenvalue weighted by Gasteiger charge is -2.10. The van der Waals surface area contributed by atoms with E-state index in [0.29, 0.717) is 29.1 Å². The third-order valence-corrected chi connectivity index (χ3v) is 3.95. The van der Waals surface area contributed by atoms with Crippen LogP contribution in [0.3, 0.4) is 0 Å². The Kier molecular flexibility index (Phi) is 5.00. The molecule has 1 aromatic heterocycles. The van der Waals surface area contributed by atoms with Crippen LogP contribution in [0.2, 0.25) is 10.0 Å². The molecule has 0 atom stereocenters. The SMILES string of the molecule is Clc1cccc(Cl)c1COc1ccc(CNc2ncn[nH]2)cc1. The maximum Gasteiger partial charge on any atom is 0.218 e. The van der Waals surface area contributed by atoms with Crippen LogP contribution in [-0.2, 0) is 13.2 Å². The first-order valence-electron chi connectivity index (χ1n) is 6.96. The standard InChI is InChI=1S/C16H14Cl2N4O/c17-14-2-1-3-15(18)13(14)9-23-12-6-4-11(5-7-12)8-19-16-20-10-21-22-16/h1-7,10H,8-9H2,(H2,19,20,21,22). The largest absolute Gasteiger partial charge is 0.489 e. The van der Waals surface area contributed by atoms with E-state index in [1.54, 1.807) is 12.1 Å². The number of benzene rings is 2. The van der Waals surface area contributed by atoms with Crippen LogP contribution in [0.5, 0.6) is 5.75 Å². The molecule has 2 N–H and O–H groups in total. The van der Waals surface area contributed by atoms with Gasteiger partial charge in [-0.05, 0) is 29.8 Å². The van der Waals surface area contributed by atoms with Crippen LogP contribution in [0.15, 0.2) is 48.8 Å². The number of ether oxygens (including phenoxy) is 1. The highest BCUT2D eigenvalue weighted by molar-refractivity contribution is 6.35. The molecule has 0 aliphatic heterocycles. The van der Waals surface area contributed by atoms with Crippen LogP contribution in [0, 0.1) is 0 Å². The molecule has 0 bridgehead atoms. The van der Waals surface area contributed by atoms with Gasteiger partial charge in [0.05, 0.1) is 0 Å². The summed E-state index contributed by atoms with van der Waals surface area (Å²) in [5.74, 6) is 1.39. The minimum absolute atomic E-state index is 0.328. The normalized spacial score (nSPS) is 10.5. The number of aromatic amines is 1. The van der Waals surface area contributed by atoms with Crippen molar-refractivity contribution in [2.24, 2.45) is 0 Å². The summed E-state index contributed by atoms with van der Waals surface area (Å²) < 4.78 is 5.74. The highest BCUT2D eigenvalue weighted by Gasteiger charge is 2.06. The average Bonchev–Trinajstić information content (AvgIpc) is 3.07. The highest BCUT2D eigenvalue weighted by atomic mass is 35.5. The van der Waals surface area contributed by atoms with E-state index in [1.807, 2.05) is 30.3 Å². The van der Waals surface area contributed by atoms with E-state index in [9.17, 15) is 0 Å². The van der Waals surface area contributed by atoms with Crippen LogP contribution in [0.25, 0.3) is 0 Å². The molecule has 23 heavy (non-hydrogen) atoms. The molecule has 3 rings (SSSR count). The minimum Gasteiger partial charge on any atom is -0.489 e. The Bertz CT molecular complexity index is 740. The Labute approximate surface area is 143 Å². The molecule has 2 aromatic carbocycles. The lowest BCUT2D eigenvalue weighted by atomic mass is 10.2. The van der Waals surface area contributed by atoms with Crippen molar-refractivity contribution >= 4 is 29.2 Å². The summed E-state index contributed by atoms with van der Waals surface area (Å²) in [4.78, 5) is 4.00. The van der Waals surface area contributed by atoms with Crippen LogP contribution in [-0.4, -0.2) is 15.2 Å². The molecule has 118 valence electrons. The Balaban J connectivity index is 1.57. The second kappa shape index (κ2) is 7.35. The first-order chi connectivity index (χ1) is 11.2.